The van der Waals surface area contributed by atoms with E-state index in [4.69, 9.17) is 5.84 Å². The van der Waals surface area contributed by atoms with Crippen LogP contribution in [-0.2, 0) is 0 Å². The van der Waals surface area contributed by atoms with Crippen molar-refractivity contribution in [2.75, 3.05) is 17.0 Å². The van der Waals surface area contributed by atoms with Gasteiger partial charge in [-0.1, -0.05) is 0 Å². The number of anilines is 2. The maximum Gasteiger partial charge on any atom is 0.276 e. The molecule has 1 aromatic rings. The van der Waals surface area contributed by atoms with E-state index in [0.29, 0.717) is 17.1 Å². The maximum absolute atomic E-state index is 10.8. The molecule has 104 valence electrons. The zero-order valence-electron chi connectivity index (χ0n) is 10.6. The van der Waals surface area contributed by atoms with Gasteiger partial charge in [0.2, 0.25) is 0 Å². The van der Waals surface area contributed by atoms with Crippen molar-refractivity contribution in [2.45, 2.75) is 30.6 Å². The van der Waals surface area contributed by atoms with Crippen LogP contribution in [0.5, 0.6) is 0 Å². The van der Waals surface area contributed by atoms with Crippen LogP contribution >= 0.6 is 11.8 Å². The minimum atomic E-state index is -0.451. The number of hydrazine groups is 1. The Kier molecular flexibility index (Phi) is 4.43. The number of thioether (sulfide) groups is 1. The number of hydrogen-bond donors (Lipinski definition) is 3. The van der Waals surface area contributed by atoms with Gasteiger partial charge in [-0.05, 0) is 25.5 Å². The van der Waals surface area contributed by atoms with Crippen LogP contribution in [0.15, 0.2) is 12.1 Å². The number of aromatic nitrogens is 1. The first-order valence-corrected chi connectivity index (χ1v) is 7.33. The molecule has 2 atom stereocenters. The number of rotatable bonds is 5. The molecule has 1 aliphatic carbocycles. The van der Waals surface area contributed by atoms with E-state index in [9.17, 15) is 10.1 Å². The lowest BCUT2D eigenvalue weighted by Gasteiger charge is -2.14. The molecule has 1 aromatic heterocycles. The predicted molar refractivity (Wildman–Crippen MR) is 77.3 cm³/mol. The molecule has 0 spiro atoms. The number of nitro groups is 1. The minimum absolute atomic E-state index is 0.0233. The largest absolute Gasteiger partial charge is 0.367 e. The third-order valence-electron chi connectivity index (χ3n) is 3.24. The standard InChI is InChI=1S/C11H17N5O2S/c1-19-9-3-2-7(4-9)13-10-5-8(16(17)18)6-11(14-10)15-12/h5-7,9H,2-4,12H2,1H3,(H2,13,14,15). The fraction of sp³-hybridized carbons (Fsp3) is 0.545. The molecule has 1 heterocycles. The molecular formula is C11H17N5O2S. The van der Waals surface area contributed by atoms with E-state index in [1.165, 1.54) is 12.1 Å². The molecule has 19 heavy (non-hydrogen) atoms. The smallest absolute Gasteiger partial charge is 0.276 e. The van der Waals surface area contributed by atoms with Crippen LogP contribution in [0.3, 0.4) is 0 Å². The molecule has 0 aromatic carbocycles. The van der Waals surface area contributed by atoms with Gasteiger partial charge in [-0.3, -0.25) is 10.1 Å². The highest BCUT2D eigenvalue weighted by molar-refractivity contribution is 7.99. The summed E-state index contributed by atoms with van der Waals surface area (Å²) in [6.07, 6.45) is 5.38. The lowest BCUT2D eigenvalue weighted by Crippen LogP contribution is -2.18. The third kappa shape index (κ3) is 3.48. The maximum atomic E-state index is 10.8. The third-order valence-corrected chi connectivity index (χ3v) is 4.33. The summed E-state index contributed by atoms with van der Waals surface area (Å²) >= 11 is 1.86. The Morgan fingerprint density at radius 2 is 2.21 bits per heavy atom. The summed E-state index contributed by atoms with van der Waals surface area (Å²) in [5.41, 5.74) is 2.32. The second-order valence-corrected chi connectivity index (χ2v) is 5.65. The van der Waals surface area contributed by atoms with Crippen LogP contribution in [-0.4, -0.2) is 27.5 Å². The van der Waals surface area contributed by atoms with Gasteiger partial charge in [0.1, 0.15) is 11.6 Å². The number of nitrogen functional groups attached to an aromatic ring is 1. The topological polar surface area (TPSA) is 106 Å². The molecule has 1 aliphatic rings. The summed E-state index contributed by atoms with van der Waals surface area (Å²) < 4.78 is 0. The first-order valence-electron chi connectivity index (χ1n) is 6.04. The molecule has 0 amide bonds. The van der Waals surface area contributed by atoms with Crippen molar-refractivity contribution in [1.29, 1.82) is 0 Å². The number of nitrogens with zero attached hydrogens (tertiary/aromatic N) is 2. The van der Waals surface area contributed by atoms with Crippen LogP contribution in [0.25, 0.3) is 0 Å². The molecule has 0 saturated heterocycles. The van der Waals surface area contributed by atoms with E-state index in [2.05, 4.69) is 22.0 Å². The molecule has 2 unspecified atom stereocenters. The van der Waals surface area contributed by atoms with Crippen LogP contribution in [0, 0.1) is 10.1 Å². The Morgan fingerprint density at radius 1 is 1.47 bits per heavy atom. The van der Waals surface area contributed by atoms with E-state index in [1.54, 1.807) is 0 Å². The summed E-state index contributed by atoms with van der Waals surface area (Å²) in [4.78, 5) is 14.6. The van der Waals surface area contributed by atoms with Gasteiger partial charge in [-0.25, -0.2) is 10.8 Å². The van der Waals surface area contributed by atoms with Gasteiger partial charge in [0.15, 0.2) is 0 Å². The van der Waals surface area contributed by atoms with Crippen LogP contribution < -0.4 is 16.6 Å². The van der Waals surface area contributed by atoms with Crippen LogP contribution in [0.4, 0.5) is 17.3 Å². The lowest BCUT2D eigenvalue weighted by atomic mass is 10.2. The van der Waals surface area contributed by atoms with Gasteiger partial charge in [0.25, 0.3) is 5.69 Å². The summed E-state index contributed by atoms with van der Waals surface area (Å²) in [7, 11) is 0. The first-order chi connectivity index (χ1) is 9.12. The highest BCUT2D eigenvalue weighted by atomic mass is 32.2. The minimum Gasteiger partial charge on any atom is -0.367 e. The molecule has 7 nitrogen and oxygen atoms in total. The Bertz CT molecular complexity index is 470. The fourth-order valence-corrected chi connectivity index (χ4v) is 3.06. The summed E-state index contributed by atoms with van der Waals surface area (Å²) in [6, 6.07) is 3.07. The average molecular weight is 283 g/mol. The molecule has 1 saturated carbocycles. The zero-order chi connectivity index (χ0) is 13.8. The van der Waals surface area contributed by atoms with Gasteiger partial charge in [-0.15, -0.1) is 0 Å². The Morgan fingerprint density at radius 3 is 2.79 bits per heavy atom. The van der Waals surface area contributed by atoms with Gasteiger partial charge in [0, 0.05) is 11.3 Å². The second kappa shape index (κ2) is 6.07. The van der Waals surface area contributed by atoms with E-state index < -0.39 is 4.92 Å². The number of nitrogens with one attached hydrogen (secondary N) is 2. The Hall–Kier alpha value is -1.54. The Labute approximate surface area is 115 Å². The average Bonchev–Trinajstić information content (AvgIpc) is 2.85. The normalized spacial score (nSPS) is 22.2. The van der Waals surface area contributed by atoms with Crippen molar-refractivity contribution < 1.29 is 4.92 Å². The summed E-state index contributed by atoms with van der Waals surface area (Å²) in [5.74, 6) is 6.06. The van der Waals surface area contributed by atoms with Crippen molar-refractivity contribution in [3.8, 4) is 0 Å². The molecule has 8 heteroatoms. The van der Waals surface area contributed by atoms with Gasteiger partial charge in [-0.2, -0.15) is 11.8 Å². The zero-order valence-corrected chi connectivity index (χ0v) is 11.4. The van der Waals surface area contributed by atoms with Gasteiger partial charge >= 0.3 is 0 Å². The second-order valence-electron chi connectivity index (χ2n) is 4.51. The first kappa shape index (κ1) is 13.9. The number of nitrogens with two attached hydrogens (primary N) is 1. The lowest BCUT2D eigenvalue weighted by molar-refractivity contribution is -0.384. The van der Waals surface area contributed by atoms with Crippen molar-refractivity contribution >= 4 is 29.1 Å². The van der Waals surface area contributed by atoms with E-state index in [-0.39, 0.29) is 11.5 Å². The van der Waals surface area contributed by atoms with Gasteiger partial charge < -0.3 is 10.7 Å². The van der Waals surface area contributed by atoms with Crippen LogP contribution in [0.2, 0.25) is 0 Å². The van der Waals surface area contributed by atoms with Crippen LogP contribution in [0.1, 0.15) is 19.3 Å². The quantitative estimate of drug-likeness (QED) is 0.431. The fourth-order valence-electron chi connectivity index (χ4n) is 2.26. The van der Waals surface area contributed by atoms with Crippen molar-refractivity contribution in [3.05, 3.63) is 22.2 Å². The Balaban J connectivity index is 2.11. The molecule has 0 aliphatic heterocycles. The molecule has 1 fully saturated rings. The van der Waals surface area contributed by atoms with E-state index in [0.717, 1.165) is 19.3 Å². The summed E-state index contributed by atoms with van der Waals surface area (Å²) in [6.45, 7) is 0. The molecule has 0 bridgehead atoms. The molecule has 0 radical (unpaired) electrons. The summed E-state index contributed by atoms with van der Waals surface area (Å²) in [5, 5.41) is 14.7. The molecular weight excluding hydrogens is 266 g/mol. The predicted octanol–water partition coefficient (Wildman–Crippen LogP) is 1.97. The highest BCUT2D eigenvalue weighted by Crippen LogP contribution is 2.30. The van der Waals surface area contributed by atoms with Crippen molar-refractivity contribution in [3.63, 3.8) is 0 Å². The number of hydrogen-bond acceptors (Lipinski definition) is 7. The molecule has 4 N–H and O–H groups in total. The van der Waals surface area contributed by atoms with E-state index in [1.807, 2.05) is 11.8 Å². The van der Waals surface area contributed by atoms with Crippen molar-refractivity contribution in [1.82, 2.24) is 4.98 Å². The SMILES string of the molecule is CSC1CCC(Nc2cc([N+](=O)[O-])cc(NN)n2)C1. The highest BCUT2D eigenvalue weighted by Gasteiger charge is 2.24. The number of pyridine rings is 1. The molecule has 2 rings (SSSR count). The van der Waals surface area contributed by atoms with E-state index >= 15 is 0 Å². The monoisotopic (exact) mass is 283 g/mol. The van der Waals surface area contributed by atoms with Gasteiger partial charge in [0.05, 0.1) is 17.1 Å². The van der Waals surface area contributed by atoms with Crippen molar-refractivity contribution in [2.24, 2.45) is 5.84 Å².